The van der Waals surface area contributed by atoms with Crippen molar-refractivity contribution < 1.29 is 0 Å². The summed E-state index contributed by atoms with van der Waals surface area (Å²) in [6, 6.07) is 105. The summed E-state index contributed by atoms with van der Waals surface area (Å²) in [7, 11) is 0. The number of thiophene rings is 1. The molecule has 0 aliphatic heterocycles. The fourth-order valence-electron chi connectivity index (χ4n) is 11.8. The second-order valence-electron chi connectivity index (χ2n) is 19.2. The summed E-state index contributed by atoms with van der Waals surface area (Å²) in [6.07, 6.45) is 0. The molecular weight excluding hydrogens is 899 g/mol. The van der Waals surface area contributed by atoms with Crippen molar-refractivity contribution in [1.29, 1.82) is 0 Å². The monoisotopic (exact) mass is 945 g/mol. The van der Waals surface area contributed by atoms with Gasteiger partial charge in [-0.1, -0.05) is 231 Å². The van der Waals surface area contributed by atoms with E-state index in [1.807, 2.05) is 11.3 Å². The molecule has 73 heavy (non-hydrogen) atoms. The van der Waals surface area contributed by atoms with E-state index in [9.17, 15) is 0 Å². The third-order valence-electron chi connectivity index (χ3n) is 15.2. The molecule has 0 unspecified atom stereocenters. The zero-order valence-electron chi connectivity index (χ0n) is 40.0. The molecule has 13 aromatic rings. The third-order valence-corrected chi connectivity index (χ3v) is 16.4. The summed E-state index contributed by atoms with van der Waals surface area (Å²) in [5.41, 5.74) is 20.1. The minimum atomic E-state index is -0.463. The lowest BCUT2D eigenvalue weighted by molar-refractivity contribution is 0.769. The lowest BCUT2D eigenvalue weighted by Crippen LogP contribution is -2.28. The van der Waals surface area contributed by atoms with Crippen LogP contribution in [0.1, 0.15) is 22.3 Å². The summed E-state index contributed by atoms with van der Waals surface area (Å²) in [6.45, 7) is 0. The van der Waals surface area contributed by atoms with Gasteiger partial charge in [0.15, 0.2) is 0 Å². The fraction of sp³-hybridized carbons (Fsp3) is 0.0141. The fourth-order valence-corrected chi connectivity index (χ4v) is 13.0. The highest BCUT2D eigenvalue weighted by Crippen LogP contribution is 2.57. The molecule has 0 amide bonds. The van der Waals surface area contributed by atoms with Gasteiger partial charge < -0.3 is 4.90 Å². The zero-order chi connectivity index (χ0) is 48.3. The lowest BCUT2D eigenvalue weighted by atomic mass is 9.67. The van der Waals surface area contributed by atoms with E-state index in [1.54, 1.807) is 0 Å². The number of hydrogen-bond donors (Lipinski definition) is 0. The quantitative estimate of drug-likeness (QED) is 0.139. The predicted molar refractivity (Wildman–Crippen MR) is 311 cm³/mol. The number of rotatable bonds is 9. The standard InChI is InChI=1S/C71H47NS/c1-3-22-55(23-4-1)71(56-24-5-2-6-25-56)67-33-11-9-28-63(67)64-44-39-53(47-68(64)71)48-35-40-57(41-36-48)72(58-42-37-50(38-43-58)62-31-16-32-66-65-29-10-12-34-69(65)73-70(62)66)59-26-14-20-52(46-59)51-19-13-21-54(45-51)61-30-15-18-49-17-7-8-27-60(49)61/h1-47H. The minimum absolute atomic E-state index is 0.463. The Labute approximate surface area is 430 Å². The summed E-state index contributed by atoms with van der Waals surface area (Å²) in [4.78, 5) is 2.40. The van der Waals surface area contributed by atoms with E-state index in [0.29, 0.717) is 0 Å². The number of nitrogens with zero attached hydrogens (tertiary/aromatic N) is 1. The third kappa shape index (κ3) is 7.13. The Hall–Kier alpha value is -9.08. The van der Waals surface area contributed by atoms with E-state index in [2.05, 4.69) is 290 Å². The van der Waals surface area contributed by atoms with Gasteiger partial charge in [-0.25, -0.2) is 0 Å². The van der Waals surface area contributed by atoms with E-state index >= 15 is 0 Å². The topological polar surface area (TPSA) is 3.24 Å². The average Bonchev–Trinajstić information content (AvgIpc) is 4.02. The van der Waals surface area contributed by atoms with Crippen molar-refractivity contribution in [3.05, 3.63) is 307 Å². The largest absolute Gasteiger partial charge is 0.310 e. The predicted octanol–water partition coefficient (Wildman–Crippen LogP) is 19.7. The molecule has 0 saturated carbocycles. The number of benzene rings is 12. The van der Waals surface area contributed by atoms with E-state index in [-0.39, 0.29) is 0 Å². The van der Waals surface area contributed by atoms with Crippen LogP contribution in [0.4, 0.5) is 17.1 Å². The van der Waals surface area contributed by atoms with Gasteiger partial charge in [0.05, 0.1) is 5.41 Å². The molecule has 1 heterocycles. The van der Waals surface area contributed by atoms with Crippen molar-refractivity contribution in [3.63, 3.8) is 0 Å². The van der Waals surface area contributed by atoms with E-state index in [1.165, 1.54) is 103 Å². The molecule has 0 fully saturated rings. The smallest absolute Gasteiger partial charge is 0.0713 e. The van der Waals surface area contributed by atoms with Crippen LogP contribution in [0.25, 0.3) is 86.6 Å². The highest BCUT2D eigenvalue weighted by Gasteiger charge is 2.46. The van der Waals surface area contributed by atoms with Gasteiger partial charge in [0.1, 0.15) is 0 Å². The minimum Gasteiger partial charge on any atom is -0.310 e. The molecule has 1 nitrogen and oxygen atoms in total. The molecule has 342 valence electrons. The second kappa shape index (κ2) is 17.6. The zero-order valence-corrected chi connectivity index (χ0v) is 40.8. The molecule has 14 rings (SSSR count). The SMILES string of the molecule is c1ccc(C2(c3ccccc3)c3ccccc3-c3ccc(-c4ccc(N(c5ccc(-c6cccc7c6sc6ccccc67)cc5)c5cccc(-c6cccc(-c7cccc8ccccc78)c6)c5)cc4)cc32)cc1. The normalized spacial score (nSPS) is 12.5. The van der Waals surface area contributed by atoms with Gasteiger partial charge in [0, 0.05) is 37.2 Å². The van der Waals surface area contributed by atoms with Gasteiger partial charge in [-0.2, -0.15) is 0 Å². The summed E-state index contributed by atoms with van der Waals surface area (Å²) >= 11 is 1.88. The van der Waals surface area contributed by atoms with Gasteiger partial charge in [-0.15, -0.1) is 11.3 Å². The van der Waals surface area contributed by atoms with Gasteiger partial charge in [-0.05, 0) is 143 Å². The molecule has 0 N–H and O–H groups in total. The van der Waals surface area contributed by atoms with Crippen LogP contribution < -0.4 is 4.90 Å². The van der Waals surface area contributed by atoms with Crippen molar-refractivity contribution in [1.82, 2.24) is 0 Å². The van der Waals surface area contributed by atoms with Crippen LogP contribution in [0.5, 0.6) is 0 Å². The molecule has 0 saturated heterocycles. The molecule has 0 spiro atoms. The van der Waals surface area contributed by atoms with Gasteiger partial charge >= 0.3 is 0 Å². The van der Waals surface area contributed by atoms with E-state index in [0.717, 1.165) is 22.6 Å². The summed E-state index contributed by atoms with van der Waals surface area (Å²) < 4.78 is 2.64. The number of hydrogen-bond acceptors (Lipinski definition) is 2. The van der Waals surface area contributed by atoms with Crippen LogP contribution in [-0.4, -0.2) is 0 Å². The maximum absolute atomic E-state index is 2.45. The van der Waals surface area contributed by atoms with Gasteiger partial charge in [0.2, 0.25) is 0 Å². The summed E-state index contributed by atoms with van der Waals surface area (Å²) in [5.74, 6) is 0. The first-order valence-electron chi connectivity index (χ1n) is 25.1. The van der Waals surface area contributed by atoms with E-state index < -0.39 is 5.41 Å². The molecule has 1 aliphatic carbocycles. The Kier molecular flexibility index (Phi) is 10.3. The van der Waals surface area contributed by atoms with Crippen molar-refractivity contribution >= 4 is 59.3 Å². The maximum atomic E-state index is 2.45. The highest BCUT2D eigenvalue weighted by atomic mass is 32.1. The van der Waals surface area contributed by atoms with Crippen LogP contribution >= 0.6 is 11.3 Å². The molecule has 0 atom stereocenters. The second-order valence-corrected chi connectivity index (χ2v) is 20.2. The van der Waals surface area contributed by atoms with Crippen LogP contribution in [0.3, 0.4) is 0 Å². The van der Waals surface area contributed by atoms with Gasteiger partial charge in [0.25, 0.3) is 0 Å². The molecule has 1 aliphatic rings. The highest BCUT2D eigenvalue weighted by molar-refractivity contribution is 7.26. The Bertz CT molecular complexity index is 4140. The Morgan fingerprint density at radius 2 is 0.795 bits per heavy atom. The molecule has 12 aromatic carbocycles. The van der Waals surface area contributed by atoms with E-state index in [4.69, 9.17) is 0 Å². The van der Waals surface area contributed by atoms with Crippen LogP contribution in [-0.2, 0) is 5.41 Å². The van der Waals surface area contributed by atoms with Crippen molar-refractivity contribution in [2.75, 3.05) is 4.90 Å². The molecule has 0 radical (unpaired) electrons. The molecule has 0 bridgehead atoms. The average molecular weight is 946 g/mol. The first-order chi connectivity index (χ1) is 36.2. The first-order valence-corrected chi connectivity index (χ1v) is 26.0. The van der Waals surface area contributed by atoms with Crippen molar-refractivity contribution in [2.45, 2.75) is 5.41 Å². The Morgan fingerprint density at radius 1 is 0.274 bits per heavy atom. The van der Waals surface area contributed by atoms with Crippen LogP contribution in [0.15, 0.2) is 285 Å². The lowest BCUT2D eigenvalue weighted by Gasteiger charge is -2.34. The first kappa shape index (κ1) is 42.8. The Balaban J connectivity index is 0.879. The van der Waals surface area contributed by atoms with Crippen molar-refractivity contribution in [3.8, 4) is 55.6 Å². The Morgan fingerprint density at radius 3 is 1.58 bits per heavy atom. The van der Waals surface area contributed by atoms with Crippen molar-refractivity contribution in [2.24, 2.45) is 0 Å². The van der Waals surface area contributed by atoms with Crippen LogP contribution in [0.2, 0.25) is 0 Å². The molecule has 1 aromatic heterocycles. The number of anilines is 3. The van der Waals surface area contributed by atoms with Gasteiger partial charge in [-0.3, -0.25) is 0 Å². The molecular formula is C71H47NS. The number of fused-ring (bicyclic) bond motifs is 7. The molecule has 2 heteroatoms. The summed E-state index contributed by atoms with van der Waals surface area (Å²) in [5, 5.41) is 5.13. The maximum Gasteiger partial charge on any atom is 0.0713 e. The van der Waals surface area contributed by atoms with Crippen LogP contribution in [0, 0.1) is 0 Å².